The van der Waals surface area contributed by atoms with E-state index in [0.29, 0.717) is 5.78 Å². The van der Waals surface area contributed by atoms with E-state index in [2.05, 4.69) is 0 Å². The summed E-state index contributed by atoms with van der Waals surface area (Å²) in [7, 11) is 0. The molecule has 1 N–H and O–H groups in total. The highest BCUT2D eigenvalue weighted by Gasteiger charge is 2.31. The van der Waals surface area contributed by atoms with Gasteiger partial charge in [0.25, 0.3) is 0 Å². The number of carbonyl (C=O) groups is 1. The molecule has 1 aliphatic rings. The van der Waals surface area contributed by atoms with Crippen LogP contribution in [0.1, 0.15) is 35.7 Å². The molecule has 0 radical (unpaired) electrons. The Morgan fingerprint density at radius 2 is 2.12 bits per heavy atom. The van der Waals surface area contributed by atoms with E-state index in [9.17, 15) is 4.79 Å². The number of rotatable bonds is 5. The van der Waals surface area contributed by atoms with Crippen LogP contribution in [0.3, 0.4) is 0 Å². The van der Waals surface area contributed by atoms with E-state index in [0.717, 1.165) is 30.4 Å². The van der Waals surface area contributed by atoms with Gasteiger partial charge in [-0.05, 0) is 30.7 Å². The number of ketones is 1. The lowest BCUT2D eigenvalue weighted by atomic mass is 9.94. The third-order valence-electron chi connectivity index (χ3n) is 3.11. The molecule has 1 atom stereocenters. The largest absolute Gasteiger partial charge is 0.396 e. The molecule has 1 unspecified atom stereocenters. The predicted octanol–water partition coefficient (Wildman–Crippen LogP) is 2.45. The predicted molar refractivity (Wildman–Crippen MR) is 63.5 cm³/mol. The van der Waals surface area contributed by atoms with Gasteiger partial charge in [0, 0.05) is 18.1 Å². The van der Waals surface area contributed by atoms with Crippen molar-refractivity contribution in [2.75, 3.05) is 6.61 Å². The highest BCUT2D eigenvalue weighted by atomic mass is 16.3. The number of aliphatic hydroxyl groups is 1. The van der Waals surface area contributed by atoms with Crippen molar-refractivity contribution in [1.82, 2.24) is 0 Å². The first-order valence-electron chi connectivity index (χ1n) is 5.95. The number of Topliss-reactive ketones (excluding diaryl/α,β-unsaturated/α-hetero) is 1. The summed E-state index contributed by atoms with van der Waals surface area (Å²) in [6, 6.07) is 7.80. The van der Waals surface area contributed by atoms with Crippen LogP contribution in [0.25, 0.3) is 0 Å². The molecule has 0 heterocycles. The summed E-state index contributed by atoms with van der Waals surface area (Å²) < 4.78 is 0. The second-order valence-electron chi connectivity index (χ2n) is 4.79. The van der Waals surface area contributed by atoms with Gasteiger partial charge in [-0.2, -0.15) is 0 Å². The van der Waals surface area contributed by atoms with E-state index in [1.165, 1.54) is 0 Å². The molecule has 0 bridgehead atoms. The summed E-state index contributed by atoms with van der Waals surface area (Å²) in [6.07, 6.45) is 2.87. The van der Waals surface area contributed by atoms with Crippen LogP contribution in [0.15, 0.2) is 24.3 Å². The smallest absolute Gasteiger partial charge is 0.166 e. The zero-order chi connectivity index (χ0) is 11.5. The molecular formula is C14H18O2. The molecule has 2 heteroatoms. The minimum atomic E-state index is 0.173. The first kappa shape index (κ1) is 11.3. The van der Waals surface area contributed by atoms with Gasteiger partial charge in [-0.1, -0.05) is 31.2 Å². The topological polar surface area (TPSA) is 37.3 Å². The molecule has 16 heavy (non-hydrogen) atoms. The van der Waals surface area contributed by atoms with E-state index in [1.807, 2.05) is 31.2 Å². The van der Waals surface area contributed by atoms with Gasteiger partial charge in [-0.3, -0.25) is 4.79 Å². The molecule has 2 nitrogen and oxygen atoms in total. The molecule has 1 fully saturated rings. The van der Waals surface area contributed by atoms with Gasteiger partial charge in [0.15, 0.2) is 5.78 Å². The van der Waals surface area contributed by atoms with Crippen molar-refractivity contribution in [2.24, 2.45) is 11.8 Å². The standard InChI is InChI=1S/C14H18O2/c1-10(9-15)8-12-4-2-3-5-13(12)14(16)11-6-7-11/h2-5,10-11,15H,6-9H2,1H3. The molecule has 1 aromatic rings. The van der Waals surface area contributed by atoms with Crippen LogP contribution in [0.2, 0.25) is 0 Å². The van der Waals surface area contributed by atoms with Crippen molar-refractivity contribution < 1.29 is 9.90 Å². The Bertz CT molecular complexity index is 380. The molecule has 1 aliphatic carbocycles. The minimum absolute atomic E-state index is 0.173. The lowest BCUT2D eigenvalue weighted by Crippen LogP contribution is -2.10. The quantitative estimate of drug-likeness (QED) is 0.771. The number of hydrogen-bond donors (Lipinski definition) is 1. The molecule has 1 saturated carbocycles. The molecule has 0 saturated heterocycles. The SMILES string of the molecule is CC(CO)Cc1ccccc1C(=O)C1CC1. The Hall–Kier alpha value is -1.15. The lowest BCUT2D eigenvalue weighted by molar-refractivity contribution is 0.0966. The van der Waals surface area contributed by atoms with E-state index >= 15 is 0 Å². The van der Waals surface area contributed by atoms with Crippen LogP contribution in [-0.2, 0) is 6.42 Å². The molecule has 2 rings (SSSR count). The second-order valence-corrected chi connectivity index (χ2v) is 4.79. The first-order valence-corrected chi connectivity index (χ1v) is 5.95. The Balaban J connectivity index is 2.19. The van der Waals surface area contributed by atoms with Crippen molar-refractivity contribution in [3.63, 3.8) is 0 Å². The Morgan fingerprint density at radius 3 is 2.75 bits per heavy atom. The average Bonchev–Trinajstić information content (AvgIpc) is 3.12. The summed E-state index contributed by atoms with van der Waals surface area (Å²) >= 11 is 0. The maximum atomic E-state index is 12.0. The number of aliphatic hydroxyl groups excluding tert-OH is 1. The fraction of sp³-hybridized carbons (Fsp3) is 0.500. The second kappa shape index (κ2) is 4.79. The Labute approximate surface area is 96.3 Å². The first-order chi connectivity index (χ1) is 7.72. The lowest BCUT2D eigenvalue weighted by Gasteiger charge is -2.11. The molecule has 0 aliphatic heterocycles. The molecule has 1 aromatic carbocycles. The third kappa shape index (κ3) is 2.50. The van der Waals surface area contributed by atoms with E-state index < -0.39 is 0 Å². The van der Waals surface area contributed by atoms with Crippen LogP contribution in [0, 0.1) is 11.8 Å². The molecule has 0 amide bonds. The fourth-order valence-electron chi connectivity index (χ4n) is 1.94. The van der Waals surface area contributed by atoms with Gasteiger partial charge < -0.3 is 5.11 Å². The molecule has 0 spiro atoms. The molecular weight excluding hydrogens is 200 g/mol. The third-order valence-corrected chi connectivity index (χ3v) is 3.11. The van der Waals surface area contributed by atoms with Crippen LogP contribution in [-0.4, -0.2) is 17.5 Å². The normalized spacial score (nSPS) is 17.1. The summed E-state index contributed by atoms with van der Waals surface area (Å²) in [5.41, 5.74) is 1.95. The van der Waals surface area contributed by atoms with Crippen LogP contribution < -0.4 is 0 Å². The zero-order valence-corrected chi connectivity index (χ0v) is 9.65. The molecule has 86 valence electrons. The van der Waals surface area contributed by atoms with Crippen LogP contribution in [0.4, 0.5) is 0 Å². The van der Waals surface area contributed by atoms with Crippen LogP contribution in [0.5, 0.6) is 0 Å². The number of carbonyl (C=O) groups excluding carboxylic acids is 1. The van der Waals surface area contributed by atoms with Gasteiger partial charge in [0.2, 0.25) is 0 Å². The van der Waals surface area contributed by atoms with Gasteiger partial charge in [0.05, 0.1) is 0 Å². The van der Waals surface area contributed by atoms with Crippen molar-refractivity contribution in [1.29, 1.82) is 0 Å². The van der Waals surface area contributed by atoms with E-state index in [1.54, 1.807) is 0 Å². The van der Waals surface area contributed by atoms with Gasteiger partial charge in [0.1, 0.15) is 0 Å². The summed E-state index contributed by atoms with van der Waals surface area (Å²) in [4.78, 5) is 12.0. The van der Waals surface area contributed by atoms with Gasteiger partial charge >= 0.3 is 0 Å². The zero-order valence-electron chi connectivity index (χ0n) is 9.65. The maximum absolute atomic E-state index is 12.0. The van der Waals surface area contributed by atoms with Gasteiger partial charge in [-0.25, -0.2) is 0 Å². The molecule has 0 aromatic heterocycles. The van der Waals surface area contributed by atoms with Gasteiger partial charge in [-0.15, -0.1) is 0 Å². The fourth-order valence-corrected chi connectivity index (χ4v) is 1.94. The summed E-state index contributed by atoms with van der Waals surface area (Å²) in [6.45, 7) is 2.17. The highest BCUT2D eigenvalue weighted by Crippen LogP contribution is 2.33. The monoisotopic (exact) mass is 218 g/mol. The number of hydrogen-bond acceptors (Lipinski definition) is 2. The summed E-state index contributed by atoms with van der Waals surface area (Å²) in [5.74, 6) is 0.777. The number of benzene rings is 1. The average molecular weight is 218 g/mol. The van der Waals surface area contributed by atoms with Crippen molar-refractivity contribution in [3.05, 3.63) is 35.4 Å². The van der Waals surface area contributed by atoms with Crippen molar-refractivity contribution >= 4 is 5.78 Å². The Kier molecular flexibility index (Phi) is 3.39. The van der Waals surface area contributed by atoms with E-state index in [-0.39, 0.29) is 18.4 Å². The minimum Gasteiger partial charge on any atom is -0.396 e. The van der Waals surface area contributed by atoms with Crippen molar-refractivity contribution in [2.45, 2.75) is 26.2 Å². The van der Waals surface area contributed by atoms with E-state index in [4.69, 9.17) is 5.11 Å². The maximum Gasteiger partial charge on any atom is 0.166 e. The van der Waals surface area contributed by atoms with Crippen molar-refractivity contribution in [3.8, 4) is 0 Å². The Morgan fingerprint density at radius 1 is 1.44 bits per heavy atom. The van der Waals surface area contributed by atoms with Crippen LogP contribution >= 0.6 is 0 Å². The summed E-state index contributed by atoms with van der Waals surface area (Å²) in [5, 5.41) is 9.06. The highest BCUT2D eigenvalue weighted by molar-refractivity contribution is 6.00.